The van der Waals surface area contributed by atoms with Crippen LogP contribution in [0, 0.1) is 13.8 Å². The van der Waals surface area contributed by atoms with Crippen molar-refractivity contribution in [2.45, 2.75) is 20.4 Å². The number of nitrogens with zero attached hydrogens (tertiary/aromatic N) is 5. The second-order valence-electron chi connectivity index (χ2n) is 5.23. The molecule has 2 aromatic rings. The number of piperazine rings is 1. The third-order valence-electron chi connectivity index (χ3n) is 3.52. The highest BCUT2D eigenvalue weighted by atomic mass is 16.5. The van der Waals surface area contributed by atoms with Crippen molar-refractivity contribution in [2.75, 3.05) is 26.2 Å². The van der Waals surface area contributed by atoms with Gasteiger partial charge in [-0.1, -0.05) is 5.16 Å². The summed E-state index contributed by atoms with van der Waals surface area (Å²) in [7, 11) is 0. The number of rotatable bonds is 3. The first-order valence-electron chi connectivity index (χ1n) is 6.94. The number of hydrogen-bond donors (Lipinski definition) is 1. The van der Waals surface area contributed by atoms with E-state index in [2.05, 4.69) is 25.2 Å². The van der Waals surface area contributed by atoms with E-state index < -0.39 is 0 Å². The van der Waals surface area contributed by atoms with Gasteiger partial charge in [-0.25, -0.2) is 0 Å². The summed E-state index contributed by atoms with van der Waals surface area (Å²) in [6.45, 7) is 7.27. The SMILES string of the molecule is Cc1cc(C(=O)N2CCN(Cc3noc(C)n3)CC2)n[nH]1. The molecule has 0 aromatic carbocycles. The number of amides is 1. The van der Waals surface area contributed by atoms with Gasteiger partial charge in [-0.15, -0.1) is 0 Å². The van der Waals surface area contributed by atoms with E-state index in [1.165, 1.54) is 0 Å². The van der Waals surface area contributed by atoms with Crippen molar-refractivity contribution in [3.05, 3.63) is 29.2 Å². The third-order valence-corrected chi connectivity index (χ3v) is 3.52. The summed E-state index contributed by atoms with van der Waals surface area (Å²) in [5.74, 6) is 1.25. The van der Waals surface area contributed by atoms with Crippen molar-refractivity contribution in [3.8, 4) is 0 Å². The number of aromatic nitrogens is 4. The number of carbonyl (C=O) groups is 1. The van der Waals surface area contributed by atoms with Crippen molar-refractivity contribution in [2.24, 2.45) is 0 Å². The lowest BCUT2D eigenvalue weighted by Crippen LogP contribution is -2.48. The highest BCUT2D eigenvalue weighted by molar-refractivity contribution is 5.92. The fraction of sp³-hybridized carbons (Fsp3) is 0.538. The molecule has 1 saturated heterocycles. The molecule has 1 N–H and O–H groups in total. The van der Waals surface area contributed by atoms with E-state index in [-0.39, 0.29) is 5.91 Å². The summed E-state index contributed by atoms with van der Waals surface area (Å²) >= 11 is 0. The molecule has 0 aliphatic carbocycles. The van der Waals surface area contributed by atoms with Crippen LogP contribution in [0.1, 0.15) is 27.9 Å². The molecule has 0 radical (unpaired) electrons. The molecule has 21 heavy (non-hydrogen) atoms. The maximum atomic E-state index is 12.3. The van der Waals surface area contributed by atoms with Crippen LogP contribution in [0.3, 0.4) is 0 Å². The predicted molar refractivity (Wildman–Crippen MR) is 73.5 cm³/mol. The number of H-pyrrole nitrogens is 1. The van der Waals surface area contributed by atoms with Crippen molar-refractivity contribution in [1.29, 1.82) is 0 Å². The van der Waals surface area contributed by atoms with Crippen LogP contribution in [0.4, 0.5) is 0 Å². The van der Waals surface area contributed by atoms with Gasteiger partial charge >= 0.3 is 0 Å². The van der Waals surface area contributed by atoms with Crippen LogP contribution in [-0.4, -0.2) is 62.2 Å². The maximum Gasteiger partial charge on any atom is 0.274 e. The van der Waals surface area contributed by atoms with Gasteiger partial charge in [0.15, 0.2) is 5.82 Å². The minimum absolute atomic E-state index is 0.0191. The molecule has 0 saturated carbocycles. The van der Waals surface area contributed by atoms with E-state index in [9.17, 15) is 4.79 Å². The fourth-order valence-corrected chi connectivity index (χ4v) is 2.40. The van der Waals surface area contributed by atoms with Gasteiger partial charge < -0.3 is 9.42 Å². The van der Waals surface area contributed by atoms with E-state index in [0.717, 1.165) is 18.8 Å². The van der Waals surface area contributed by atoms with Gasteiger partial charge in [0.25, 0.3) is 5.91 Å². The van der Waals surface area contributed by atoms with Crippen LogP contribution in [0.5, 0.6) is 0 Å². The Morgan fingerprint density at radius 1 is 1.33 bits per heavy atom. The molecule has 1 fully saturated rings. The largest absolute Gasteiger partial charge is 0.340 e. The molecular weight excluding hydrogens is 272 g/mol. The Morgan fingerprint density at radius 3 is 2.67 bits per heavy atom. The van der Waals surface area contributed by atoms with E-state index in [1.54, 1.807) is 13.0 Å². The van der Waals surface area contributed by atoms with Crippen LogP contribution >= 0.6 is 0 Å². The summed E-state index contributed by atoms with van der Waals surface area (Å²) in [5.41, 5.74) is 1.37. The monoisotopic (exact) mass is 290 g/mol. The molecule has 112 valence electrons. The van der Waals surface area contributed by atoms with E-state index in [1.807, 2.05) is 11.8 Å². The Kier molecular flexibility index (Phi) is 3.70. The highest BCUT2D eigenvalue weighted by Gasteiger charge is 2.24. The normalized spacial score (nSPS) is 16.4. The average molecular weight is 290 g/mol. The maximum absolute atomic E-state index is 12.3. The molecule has 0 atom stereocenters. The van der Waals surface area contributed by atoms with Gasteiger partial charge in [0, 0.05) is 38.8 Å². The standard InChI is InChI=1S/C13H18N6O2/c1-9-7-11(16-15-9)13(20)19-5-3-18(4-6-19)8-12-14-10(2)21-17-12/h7H,3-6,8H2,1-2H3,(H,15,16). The average Bonchev–Trinajstić information content (AvgIpc) is 3.08. The fourth-order valence-electron chi connectivity index (χ4n) is 2.40. The zero-order valence-electron chi connectivity index (χ0n) is 12.2. The van der Waals surface area contributed by atoms with E-state index in [0.29, 0.717) is 37.0 Å². The Hall–Kier alpha value is -2.22. The van der Waals surface area contributed by atoms with Gasteiger partial charge in [-0.2, -0.15) is 10.1 Å². The van der Waals surface area contributed by atoms with Gasteiger partial charge in [0.2, 0.25) is 5.89 Å². The molecule has 8 heteroatoms. The molecule has 3 rings (SSSR count). The third kappa shape index (κ3) is 3.10. The smallest absolute Gasteiger partial charge is 0.274 e. The molecular formula is C13H18N6O2. The lowest BCUT2D eigenvalue weighted by Gasteiger charge is -2.33. The summed E-state index contributed by atoms with van der Waals surface area (Å²) in [4.78, 5) is 20.5. The number of hydrogen-bond acceptors (Lipinski definition) is 6. The van der Waals surface area contributed by atoms with Crippen LogP contribution in [-0.2, 0) is 6.54 Å². The minimum atomic E-state index is -0.0191. The first-order valence-corrected chi connectivity index (χ1v) is 6.94. The van der Waals surface area contributed by atoms with Crippen molar-refractivity contribution < 1.29 is 9.32 Å². The molecule has 0 bridgehead atoms. The van der Waals surface area contributed by atoms with Crippen LogP contribution in [0.25, 0.3) is 0 Å². The predicted octanol–water partition coefficient (Wildman–Crippen LogP) is 0.368. The summed E-state index contributed by atoms with van der Waals surface area (Å²) in [5, 5.41) is 10.7. The lowest BCUT2D eigenvalue weighted by molar-refractivity contribution is 0.0618. The minimum Gasteiger partial charge on any atom is -0.340 e. The zero-order valence-corrected chi connectivity index (χ0v) is 12.2. The Labute approximate surface area is 122 Å². The van der Waals surface area contributed by atoms with Crippen LogP contribution in [0.15, 0.2) is 10.6 Å². The van der Waals surface area contributed by atoms with Crippen LogP contribution < -0.4 is 0 Å². The quantitative estimate of drug-likeness (QED) is 0.878. The van der Waals surface area contributed by atoms with Gasteiger partial charge in [0.05, 0.1) is 6.54 Å². The number of nitrogens with one attached hydrogen (secondary N) is 1. The number of carbonyl (C=O) groups excluding carboxylic acids is 1. The molecule has 8 nitrogen and oxygen atoms in total. The van der Waals surface area contributed by atoms with Crippen molar-refractivity contribution in [3.63, 3.8) is 0 Å². The second-order valence-corrected chi connectivity index (χ2v) is 5.23. The highest BCUT2D eigenvalue weighted by Crippen LogP contribution is 2.10. The Balaban J connectivity index is 1.54. The molecule has 2 aromatic heterocycles. The van der Waals surface area contributed by atoms with Crippen LogP contribution in [0.2, 0.25) is 0 Å². The molecule has 0 unspecified atom stereocenters. The van der Waals surface area contributed by atoms with Gasteiger partial charge in [0.1, 0.15) is 5.69 Å². The lowest BCUT2D eigenvalue weighted by atomic mass is 10.2. The second kappa shape index (κ2) is 5.65. The molecule has 0 spiro atoms. The first-order chi connectivity index (χ1) is 10.1. The molecule has 1 aliphatic heterocycles. The molecule has 1 aliphatic rings. The van der Waals surface area contributed by atoms with Gasteiger partial charge in [-0.05, 0) is 13.0 Å². The first kappa shape index (κ1) is 13.7. The summed E-state index contributed by atoms with van der Waals surface area (Å²) < 4.78 is 4.96. The summed E-state index contributed by atoms with van der Waals surface area (Å²) in [6.07, 6.45) is 0. The van der Waals surface area contributed by atoms with E-state index in [4.69, 9.17) is 4.52 Å². The Morgan fingerprint density at radius 2 is 2.10 bits per heavy atom. The number of aromatic amines is 1. The van der Waals surface area contributed by atoms with Gasteiger partial charge in [-0.3, -0.25) is 14.8 Å². The van der Waals surface area contributed by atoms with Crippen molar-refractivity contribution in [1.82, 2.24) is 30.1 Å². The zero-order chi connectivity index (χ0) is 14.8. The Bertz CT molecular complexity index is 626. The number of aryl methyl sites for hydroxylation is 2. The molecule has 3 heterocycles. The molecule has 1 amide bonds. The summed E-state index contributed by atoms with van der Waals surface area (Å²) in [6, 6.07) is 1.77. The van der Waals surface area contributed by atoms with Crippen molar-refractivity contribution >= 4 is 5.91 Å². The van der Waals surface area contributed by atoms with E-state index >= 15 is 0 Å². The topological polar surface area (TPSA) is 91.2 Å².